The minimum atomic E-state index is -4.17. The Morgan fingerprint density at radius 3 is 2.56 bits per heavy atom. The summed E-state index contributed by atoms with van der Waals surface area (Å²) in [6, 6.07) is -0.689. The smallest absolute Gasteiger partial charge is 0.375 e. The average Bonchev–Trinajstić information content (AvgIpc) is 2.73. The van der Waals surface area contributed by atoms with Crippen LogP contribution in [0.2, 0.25) is 0 Å². The molecule has 1 spiro atoms. The van der Waals surface area contributed by atoms with Crippen molar-refractivity contribution in [2.75, 3.05) is 6.61 Å². The molecule has 3 N–H and O–H groups in total. The summed E-state index contributed by atoms with van der Waals surface area (Å²) in [7, 11) is 0. The molecule has 2 atom stereocenters. The molecule has 1 aliphatic heterocycles. The molecule has 1 saturated carbocycles. The fourth-order valence-corrected chi connectivity index (χ4v) is 3.39. The van der Waals surface area contributed by atoms with E-state index in [1.807, 2.05) is 0 Å². The quantitative estimate of drug-likeness (QED) is 0.609. The zero-order valence-electron chi connectivity index (χ0n) is 10.4. The summed E-state index contributed by atoms with van der Waals surface area (Å²) in [5.41, 5.74) is 2.20. The lowest BCUT2D eigenvalue weighted by atomic mass is 9.80. The normalized spacial score (nSPS) is 29.7. The topological polar surface area (TPSA) is 47.3 Å². The second-order valence-electron chi connectivity index (χ2n) is 5.58. The summed E-state index contributed by atoms with van der Waals surface area (Å²) in [4.78, 5) is 0. The summed E-state index contributed by atoms with van der Waals surface area (Å²) < 4.78 is 43.3. The maximum atomic E-state index is 12.5. The van der Waals surface area contributed by atoms with E-state index in [-0.39, 0.29) is 11.5 Å². The molecule has 2 rings (SSSR count). The molecular weight excluding hydrogens is 245 g/mol. The molecule has 106 valence electrons. The van der Waals surface area contributed by atoms with E-state index < -0.39 is 18.6 Å². The van der Waals surface area contributed by atoms with Gasteiger partial charge in [-0.1, -0.05) is 12.8 Å². The van der Waals surface area contributed by atoms with E-state index in [0.29, 0.717) is 19.4 Å². The highest BCUT2D eigenvalue weighted by molar-refractivity contribution is 4.94. The van der Waals surface area contributed by atoms with Crippen LogP contribution in [0.4, 0.5) is 13.2 Å². The van der Waals surface area contributed by atoms with Crippen molar-refractivity contribution in [3.05, 3.63) is 0 Å². The van der Waals surface area contributed by atoms with Gasteiger partial charge in [-0.3, -0.25) is 11.3 Å². The largest absolute Gasteiger partial charge is 0.390 e. The second-order valence-corrected chi connectivity index (χ2v) is 5.58. The van der Waals surface area contributed by atoms with Crippen LogP contribution in [0.25, 0.3) is 0 Å². The highest BCUT2D eigenvalue weighted by atomic mass is 19.4. The molecule has 1 heterocycles. The number of alkyl halides is 3. The average molecular weight is 266 g/mol. The van der Waals surface area contributed by atoms with Gasteiger partial charge >= 0.3 is 6.18 Å². The van der Waals surface area contributed by atoms with E-state index in [0.717, 1.165) is 25.7 Å². The molecule has 2 fully saturated rings. The first-order chi connectivity index (χ1) is 8.44. The van der Waals surface area contributed by atoms with E-state index in [2.05, 4.69) is 5.43 Å². The second kappa shape index (κ2) is 5.35. The number of hydrogen-bond acceptors (Lipinski definition) is 3. The van der Waals surface area contributed by atoms with Crippen molar-refractivity contribution in [3.8, 4) is 0 Å². The van der Waals surface area contributed by atoms with E-state index in [9.17, 15) is 13.2 Å². The van der Waals surface area contributed by atoms with Crippen molar-refractivity contribution in [1.29, 1.82) is 0 Å². The summed E-state index contributed by atoms with van der Waals surface area (Å²) in [5.74, 6) is 5.27. The summed E-state index contributed by atoms with van der Waals surface area (Å²) in [5, 5.41) is 0. The van der Waals surface area contributed by atoms with Crippen molar-refractivity contribution < 1.29 is 17.9 Å². The first-order valence-corrected chi connectivity index (χ1v) is 6.61. The lowest BCUT2D eigenvalue weighted by Gasteiger charge is -2.41. The Bertz CT molecular complexity index is 277. The zero-order valence-corrected chi connectivity index (χ0v) is 10.4. The van der Waals surface area contributed by atoms with Crippen LogP contribution < -0.4 is 11.3 Å². The van der Waals surface area contributed by atoms with Crippen molar-refractivity contribution >= 4 is 0 Å². The fourth-order valence-electron chi connectivity index (χ4n) is 3.39. The van der Waals surface area contributed by atoms with Gasteiger partial charge in [-0.15, -0.1) is 0 Å². The van der Waals surface area contributed by atoms with Crippen LogP contribution in [-0.4, -0.2) is 24.4 Å². The van der Waals surface area contributed by atoms with Gasteiger partial charge in [0.15, 0.2) is 0 Å². The van der Waals surface area contributed by atoms with Gasteiger partial charge in [-0.2, -0.15) is 13.2 Å². The van der Waals surface area contributed by atoms with Crippen LogP contribution in [0.15, 0.2) is 0 Å². The molecule has 2 unspecified atom stereocenters. The van der Waals surface area contributed by atoms with Crippen LogP contribution in [0.3, 0.4) is 0 Å². The Morgan fingerprint density at radius 1 is 1.33 bits per heavy atom. The Labute approximate surface area is 105 Å². The van der Waals surface area contributed by atoms with Gasteiger partial charge in [-0.25, -0.2) is 0 Å². The van der Waals surface area contributed by atoms with Gasteiger partial charge in [0.25, 0.3) is 0 Å². The Balaban J connectivity index is 1.98. The summed E-state index contributed by atoms with van der Waals surface area (Å²) in [6.07, 6.45) is 0.534. The van der Waals surface area contributed by atoms with E-state index in [4.69, 9.17) is 10.6 Å². The monoisotopic (exact) mass is 266 g/mol. The summed E-state index contributed by atoms with van der Waals surface area (Å²) >= 11 is 0. The van der Waals surface area contributed by atoms with Crippen molar-refractivity contribution in [3.63, 3.8) is 0 Å². The lowest BCUT2D eigenvalue weighted by Crippen LogP contribution is -2.49. The number of nitrogens with one attached hydrogen (secondary N) is 1. The van der Waals surface area contributed by atoms with Crippen molar-refractivity contribution in [2.45, 2.75) is 62.8 Å². The lowest BCUT2D eigenvalue weighted by molar-refractivity contribution is -0.152. The van der Waals surface area contributed by atoms with E-state index >= 15 is 0 Å². The minimum Gasteiger partial charge on any atom is -0.375 e. The van der Waals surface area contributed by atoms with Gasteiger partial charge in [0, 0.05) is 12.6 Å². The number of hydrogen-bond donors (Lipinski definition) is 2. The van der Waals surface area contributed by atoms with Crippen LogP contribution in [-0.2, 0) is 4.74 Å². The van der Waals surface area contributed by atoms with Gasteiger partial charge in [0.2, 0.25) is 0 Å². The third-order valence-corrected chi connectivity index (χ3v) is 4.28. The molecule has 6 heteroatoms. The molecule has 0 aromatic carbocycles. The van der Waals surface area contributed by atoms with Gasteiger partial charge in [0.05, 0.1) is 12.0 Å². The molecule has 1 saturated heterocycles. The number of halogens is 3. The van der Waals surface area contributed by atoms with Crippen LogP contribution >= 0.6 is 0 Å². The highest BCUT2D eigenvalue weighted by Gasteiger charge is 2.44. The zero-order chi connectivity index (χ0) is 13.2. The molecule has 18 heavy (non-hydrogen) atoms. The third-order valence-electron chi connectivity index (χ3n) is 4.28. The van der Waals surface area contributed by atoms with Gasteiger partial charge in [-0.05, 0) is 31.6 Å². The fraction of sp³-hybridized carbons (Fsp3) is 1.00. The maximum Gasteiger partial charge on any atom is 0.390 e. The molecule has 0 radical (unpaired) electrons. The Kier molecular flexibility index (Phi) is 4.18. The molecule has 0 aromatic heterocycles. The molecule has 1 aliphatic carbocycles. The molecule has 0 amide bonds. The minimum absolute atomic E-state index is 0.0384. The number of hydrazine groups is 1. The van der Waals surface area contributed by atoms with Crippen LogP contribution in [0, 0.1) is 5.92 Å². The molecule has 2 aliphatic rings. The predicted molar refractivity (Wildman–Crippen MR) is 61.7 cm³/mol. The summed E-state index contributed by atoms with van der Waals surface area (Å²) in [6.45, 7) is 0.556. The van der Waals surface area contributed by atoms with E-state index in [1.54, 1.807) is 0 Å². The molecule has 0 aromatic rings. The standard InChI is InChI=1S/C12H21F3N2O/c13-12(14,15)8-10(17-16)9-3-6-18-11(7-9)4-1-2-5-11/h9-10,17H,1-8,16H2. The van der Waals surface area contributed by atoms with E-state index in [1.165, 1.54) is 0 Å². The first-order valence-electron chi connectivity index (χ1n) is 6.61. The Morgan fingerprint density at radius 2 is 2.00 bits per heavy atom. The van der Waals surface area contributed by atoms with Crippen molar-refractivity contribution in [2.24, 2.45) is 11.8 Å². The van der Waals surface area contributed by atoms with Crippen LogP contribution in [0.5, 0.6) is 0 Å². The highest BCUT2D eigenvalue weighted by Crippen LogP contribution is 2.43. The number of nitrogens with two attached hydrogens (primary N) is 1. The van der Waals surface area contributed by atoms with Gasteiger partial charge < -0.3 is 4.74 Å². The number of rotatable bonds is 3. The SMILES string of the molecule is NNC(CC(F)(F)F)C1CCOC2(CCCC2)C1. The third kappa shape index (κ3) is 3.36. The Hall–Kier alpha value is -0.330. The molecule has 3 nitrogen and oxygen atoms in total. The number of ether oxygens (including phenoxy) is 1. The van der Waals surface area contributed by atoms with Crippen molar-refractivity contribution in [1.82, 2.24) is 5.43 Å². The maximum absolute atomic E-state index is 12.5. The molecule has 0 bridgehead atoms. The predicted octanol–water partition coefficient (Wildman–Crippen LogP) is 2.51. The van der Waals surface area contributed by atoms with Gasteiger partial charge in [0.1, 0.15) is 0 Å². The first kappa shape index (κ1) is 14.1. The van der Waals surface area contributed by atoms with Crippen LogP contribution in [0.1, 0.15) is 44.9 Å². The molecular formula is C12H21F3N2O.